The molecule has 0 aromatic carbocycles. The Morgan fingerprint density at radius 1 is 1.33 bits per heavy atom. The van der Waals surface area contributed by atoms with Crippen LogP contribution < -0.4 is 10.6 Å². The summed E-state index contributed by atoms with van der Waals surface area (Å²) in [5.41, 5.74) is 6.47. The Hall–Kier alpha value is -1.16. The highest BCUT2D eigenvalue weighted by Gasteiger charge is 2.12. The molecule has 1 unspecified atom stereocenters. The molecule has 0 saturated heterocycles. The van der Waals surface area contributed by atoms with Crippen LogP contribution in [0, 0.1) is 0 Å². The second-order valence-corrected chi connectivity index (χ2v) is 3.64. The summed E-state index contributed by atoms with van der Waals surface area (Å²) in [6.45, 7) is 7.89. The maximum Gasteiger partial charge on any atom is 0.225 e. The van der Waals surface area contributed by atoms with Crippen molar-refractivity contribution in [2.45, 2.75) is 39.8 Å². The quantitative estimate of drug-likeness (QED) is 0.798. The van der Waals surface area contributed by atoms with Crippen molar-refractivity contribution in [3.05, 3.63) is 18.0 Å². The molecule has 0 fully saturated rings. The normalized spacial score (nSPS) is 12.5. The zero-order valence-corrected chi connectivity index (χ0v) is 9.77. The summed E-state index contributed by atoms with van der Waals surface area (Å²) in [4.78, 5) is 10.8. The van der Waals surface area contributed by atoms with E-state index >= 15 is 0 Å². The van der Waals surface area contributed by atoms with Crippen LogP contribution in [0.3, 0.4) is 0 Å². The zero-order chi connectivity index (χ0) is 11.3. The van der Waals surface area contributed by atoms with Gasteiger partial charge in [0.05, 0.1) is 0 Å². The van der Waals surface area contributed by atoms with Gasteiger partial charge in [-0.25, -0.2) is 9.97 Å². The number of hydrogen-bond acceptors (Lipinski definition) is 4. The number of anilines is 1. The maximum atomic E-state index is 5.50. The number of nitrogens with zero attached hydrogens (tertiary/aromatic N) is 3. The summed E-state index contributed by atoms with van der Waals surface area (Å²) in [7, 11) is 0. The molecule has 0 aliphatic carbocycles. The van der Waals surface area contributed by atoms with Crippen LogP contribution in [0.5, 0.6) is 0 Å². The van der Waals surface area contributed by atoms with Gasteiger partial charge in [0, 0.05) is 37.1 Å². The van der Waals surface area contributed by atoms with Crippen molar-refractivity contribution in [1.82, 2.24) is 9.97 Å². The van der Waals surface area contributed by atoms with E-state index in [2.05, 4.69) is 35.6 Å². The zero-order valence-electron chi connectivity index (χ0n) is 9.77. The lowest BCUT2D eigenvalue weighted by Gasteiger charge is -2.26. The molecule has 0 amide bonds. The van der Waals surface area contributed by atoms with E-state index in [4.69, 9.17) is 5.73 Å². The number of aromatic nitrogens is 2. The van der Waals surface area contributed by atoms with Crippen LogP contribution in [0.25, 0.3) is 0 Å². The molecule has 1 atom stereocenters. The third-order valence-electron chi connectivity index (χ3n) is 2.65. The van der Waals surface area contributed by atoms with Gasteiger partial charge >= 0.3 is 0 Å². The smallest absolute Gasteiger partial charge is 0.225 e. The summed E-state index contributed by atoms with van der Waals surface area (Å²) in [5, 5.41) is 0. The molecular weight excluding hydrogens is 188 g/mol. The highest BCUT2D eigenvalue weighted by Crippen LogP contribution is 2.12. The Labute approximate surface area is 91.5 Å². The second kappa shape index (κ2) is 5.66. The molecule has 4 nitrogen and oxygen atoms in total. The van der Waals surface area contributed by atoms with E-state index < -0.39 is 0 Å². The van der Waals surface area contributed by atoms with Gasteiger partial charge in [0.25, 0.3) is 0 Å². The predicted octanol–water partition coefficient (Wildman–Crippen LogP) is 1.56. The van der Waals surface area contributed by atoms with Gasteiger partial charge in [-0.05, 0) is 20.3 Å². The lowest BCUT2D eigenvalue weighted by Crippen LogP contribution is -2.33. The molecule has 84 valence electrons. The van der Waals surface area contributed by atoms with Crippen LogP contribution in [-0.4, -0.2) is 22.6 Å². The van der Waals surface area contributed by atoms with E-state index in [1.54, 1.807) is 12.4 Å². The Balaban J connectivity index is 2.83. The Bertz CT molecular complexity index is 283. The van der Waals surface area contributed by atoms with Gasteiger partial charge in [0.1, 0.15) is 0 Å². The fourth-order valence-electron chi connectivity index (χ4n) is 1.47. The van der Waals surface area contributed by atoms with E-state index in [0.29, 0.717) is 12.6 Å². The summed E-state index contributed by atoms with van der Waals surface area (Å²) in [5.74, 6) is 0.795. The van der Waals surface area contributed by atoms with Crippen molar-refractivity contribution in [2.75, 3.05) is 11.4 Å². The number of rotatable bonds is 5. The first kappa shape index (κ1) is 11.9. The van der Waals surface area contributed by atoms with E-state index in [0.717, 1.165) is 24.5 Å². The Kier molecular flexibility index (Phi) is 4.49. The van der Waals surface area contributed by atoms with Crippen LogP contribution in [0.4, 0.5) is 5.95 Å². The molecule has 0 aliphatic heterocycles. The van der Waals surface area contributed by atoms with Crippen LogP contribution >= 0.6 is 0 Å². The SMILES string of the molecule is CCC(C)N(CC)c1ncc(CN)cn1. The largest absolute Gasteiger partial charge is 0.338 e. The van der Waals surface area contributed by atoms with Crippen molar-refractivity contribution < 1.29 is 0 Å². The number of hydrogen-bond donors (Lipinski definition) is 1. The van der Waals surface area contributed by atoms with Crippen LogP contribution in [0.2, 0.25) is 0 Å². The standard InChI is InChI=1S/C11H20N4/c1-4-9(3)15(5-2)11-13-7-10(6-12)8-14-11/h7-9H,4-6,12H2,1-3H3. The second-order valence-electron chi connectivity index (χ2n) is 3.64. The maximum absolute atomic E-state index is 5.50. The number of nitrogens with two attached hydrogens (primary N) is 1. The molecule has 0 spiro atoms. The van der Waals surface area contributed by atoms with Gasteiger partial charge in [-0.3, -0.25) is 0 Å². The first-order valence-corrected chi connectivity index (χ1v) is 5.50. The Morgan fingerprint density at radius 2 is 1.93 bits per heavy atom. The lowest BCUT2D eigenvalue weighted by molar-refractivity contribution is 0.614. The molecule has 1 heterocycles. The van der Waals surface area contributed by atoms with Crippen molar-refractivity contribution in [1.29, 1.82) is 0 Å². The first-order valence-electron chi connectivity index (χ1n) is 5.50. The van der Waals surface area contributed by atoms with E-state index in [1.807, 2.05) is 0 Å². The molecular formula is C11H20N4. The monoisotopic (exact) mass is 208 g/mol. The minimum atomic E-state index is 0.471. The van der Waals surface area contributed by atoms with Crippen molar-refractivity contribution in [2.24, 2.45) is 5.73 Å². The topological polar surface area (TPSA) is 55.0 Å². The van der Waals surface area contributed by atoms with Gasteiger partial charge in [-0.15, -0.1) is 0 Å². The summed E-state index contributed by atoms with van der Waals surface area (Å²) >= 11 is 0. The molecule has 2 N–H and O–H groups in total. The molecule has 0 aliphatic rings. The highest BCUT2D eigenvalue weighted by atomic mass is 15.3. The predicted molar refractivity (Wildman–Crippen MR) is 62.7 cm³/mol. The van der Waals surface area contributed by atoms with Gasteiger partial charge in [-0.1, -0.05) is 6.92 Å². The summed E-state index contributed by atoms with van der Waals surface area (Å²) in [6.07, 6.45) is 4.69. The first-order chi connectivity index (χ1) is 7.22. The average molecular weight is 208 g/mol. The van der Waals surface area contributed by atoms with Crippen LogP contribution in [0.1, 0.15) is 32.8 Å². The molecule has 15 heavy (non-hydrogen) atoms. The van der Waals surface area contributed by atoms with Crippen LogP contribution in [0.15, 0.2) is 12.4 Å². The molecule has 1 rings (SSSR count). The minimum Gasteiger partial charge on any atom is -0.338 e. The summed E-state index contributed by atoms with van der Waals surface area (Å²) < 4.78 is 0. The Morgan fingerprint density at radius 3 is 2.33 bits per heavy atom. The van der Waals surface area contributed by atoms with Gasteiger partial charge in [-0.2, -0.15) is 0 Å². The molecule has 4 heteroatoms. The molecule has 0 bridgehead atoms. The van der Waals surface area contributed by atoms with Crippen molar-refractivity contribution >= 4 is 5.95 Å². The lowest BCUT2D eigenvalue weighted by atomic mass is 10.2. The fraction of sp³-hybridized carbons (Fsp3) is 0.636. The van der Waals surface area contributed by atoms with Gasteiger partial charge in [0.2, 0.25) is 5.95 Å². The highest BCUT2D eigenvalue weighted by molar-refractivity contribution is 5.31. The third kappa shape index (κ3) is 2.89. The van der Waals surface area contributed by atoms with E-state index in [9.17, 15) is 0 Å². The van der Waals surface area contributed by atoms with E-state index in [-0.39, 0.29) is 0 Å². The van der Waals surface area contributed by atoms with Crippen molar-refractivity contribution in [3.8, 4) is 0 Å². The average Bonchev–Trinajstić information content (AvgIpc) is 2.30. The molecule has 1 aromatic heterocycles. The third-order valence-corrected chi connectivity index (χ3v) is 2.65. The van der Waals surface area contributed by atoms with Crippen LogP contribution in [-0.2, 0) is 6.54 Å². The van der Waals surface area contributed by atoms with Gasteiger partial charge < -0.3 is 10.6 Å². The molecule has 1 aromatic rings. The summed E-state index contributed by atoms with van der Waals surface area (Å²) in [6, 6.07) is 0.471. The molecule has 0 saturated carbocycles. The van der Waals surface area contributed by atoms with E-state index in [1.165, 1.54) is 0 Å². The molecule has 0 radical (unpaired) electrons. The fourth-order valence-corrected chi connectivity index (χ4v) is 1.47. The minimum absolute atomic E-state index is 0.471. The van der Waals surface area contributed by atoms with Gasteiger partial charge in [0.15, 0.2) is 0 Å². The van der Waals surface area contributed by atoms with Crippen molar-refractivity contribution in [3.63, 3.8) is 0 Å².